The molecule has 0 aromatic heterocycles. The quantitative estimate of drug-likeness (QED) is 0.706. The van der Waals surface area contributed by atoms with Crippen LogP contribution in [0.2, 0.25) is 0 Å². The monoisotopic (exact) mass is 342 g/mol. The largest absolute Gasteiger partial charge is 0.255 e. The van der Waals surface area contributed by atoms with Gasteiger partial charge in [0.2, 0.25) is 0 Å². The van der Waals surface area contributed by atoms with Gasteiger partial charge in [0, 0.05) is 22.0 Å². The molecule has 1 nitrogen and oxygen atoms in total. The van der Waals surface area contributed by atoms with Crippen molar-refractivity contribution in [2.24, 2.45) is 5.41 Å². The SMILES string of the molecule is CCC1c2cc(F)ccc2/C(=C\c2ccc(S(C)=O)cc2)C1(C)C. The number of rotatable bonds is 3. The predicted octanol–water partition coefficient (Wildman–Crippen LogP) is 5.64. The van der Waals surface area contributed by atoms with Crippen LogP contribution in [-0.2, 0) is 10.8 Å². The summed E-state index contributed by atoms with van der Waals surface area (Å²) in [5, 5.41) is 0. The van der Waals surface area contributed by atoms with E-state index in [4.69, 9.17) is 0 Å². The predicted molar refractivity (Wildman–Crippen MR) is 99.9 cm³/mol. The maximum atomic E-state index is 13.7. The molecule has 0 N–H and O–H groups in total. The minimum atomic E-state index is -0.965. The van der Waals surface area contributed by atoms with E-state index in [0.717, 1.165) is 28.0 Å². The second kappa shape index (κ2) is 6.29. The first-order chi connectivity index (χ1) is 11.3. The first-order valence-electron chi connectivity index (χ1n) is 8.30. The standard InChI is InChI=1S/C21H23FOS/c1-5-19-18-13-15(22)8-11-17(18)20(21(19,2)3)12-14-6-9-16(10-7-14)24(4)23/h6-13,19H,5H2,1-4H3/b20-12+. The van der Waals surface area contributed by atoms with Gasteiger partial charge in [0.15, 0.2) is 0 Å². The number of allylic oxidation sites excluding steroid dienone is 1. The number of hydrogen-bond donors (Lipinski definition) is 0. The van der Waals surface area contributed by atoms with Crippen molar-refractivity contribution in [3.05, 3.63) is 65.0 Å². The Morgan fingerprint density at radius 1 is 1.17 bits per heavy atom. The first-order valence-corrected chi connectivity index (χ1v) is 9.86. The van der Waals surface area contributed by atoms with Crippen LogP contribution in [0.5, 0.6) is 0 Å². The molecule has 2 aromatic carbocycles. The lowest BCUT2D eigenvalue weighted by molar-refractivity contribution is 0.398. The molecule has 0 saturated carbocycles. The molecule has 2 aromatic rings. The molecule has 0 heterocycles. The lowest BCUT2D eigenvalue weighted by atomic mass is 9.75. The fraction of sp³-hybridized carbons (Fsp3) is 0.333. The van der Waals surface area contributed by atoms with E-state index in [0.29, 0.717) is 5.92 Å². The number of fused-ring (bicyclic) bond motifs is 1. The summed E-state index contributed by atoms with van der Waals surface area (Å²) in [6.07, 6.45) is 4.85. The van der Waals surface area contributed by atoms with Crippen molar-refractivity contribution in [3.8, 4) is 0 Å². The van der Waals surface area contributed by atoms with Crippen LogP contribution in [0.1, 0.15) is 49.8 Å². The van der Waals surface area contributed by atoms with Crippen molar-refractivity contribution >= 4 is 22.4 Å². The van der Waals surface area contributed by atoms with Crippen LogP contribution >= 0.6 is 0 Å². The van der Waals surface area contributed by atoms with Gasteiger partial charge in [-0.1, -0.05) is 45.0 Å². The summed E-state index contributed by atoms with van der Waals surface area (Å²) in [7, 11) is -0.965. The average Bonchev–Trinajstić information content (AvgIpc) is 2.74. The lowest BCUT2D eigenvalue weighted by Gasteiger charge is -2.28. The highest BCUT2D eigenvalue weighted by Crippen LogP contribution is 2.56. The zero-order valence-corrected chi connectivity index (χ0v) is 15.4. The van der Waals surface area contributed by atoms with E-state index in [2.05, 4.69) is 26.8 Å². The van der Waals surface area contributed by atoms with E-state index < -0.39 is 10.8 Å². The molecule has 0 fully saturated rings. The van der Waals surface area contributed by atoms with Crippen LogP contribution in [0.15, 0.2) is 47.4 Å². The zero-order chi connectivity index (χ0) is 17.5. The summed E-state index contributed by atoms with van der Waals surface area (Å²) in [5.41, 5.74) is 4.54. The fourth-order valence-corrected chi connectivity index (χ4v) is 4.43. The van der Waals surface area contributed by atoms with E-state index in [1.165, 1.54) is 5.57 Å². The van der Waals surface area contributed by atoms with Gasteiger partial charge in [-0.05, 0) is 64.3 Å². The summed E-state index contributed by atoms with van der Waals surface area (Å²) in [6.45, 7) is 6.64. The van der Waals surface area contributed by atoms with Crippen LogP contribution in [0.3, 0.4) is 0 Å². The van der Waals surface area contributed by atoms with E-state index in [9.17, 15) is 8.60 Å². The molecule has 1 aliphatic carbocycles. The van der Waals surface area contributed by atoms with Gasteiger partial charge in [0.05, 0.1) is 0 Å². The van der Waals surface area contributed by atoms with Crippen molar-refractivity contribution in [3.63, 3.8) is 0 Å². The lowest BCUT2D eigenvalue weighted by Crippen LogP contribution is -2.16. The van der Waals surface area contributed by atoms with E-state index in [1.54, 1.807) is 18.4 Å². The minimum absolute atomic E-state index is 0.0445. The molecule has 2 unspecified atom stereocenters. The van der Waals surface area contributed by atoms with Gasteiger partial charge >= 0.3 is 0 Å². The molecule has 0 radical (unpaired) electrons. The number of halogens is 1. The Bertz CT molecular complexity index is 818. The molecule has 24 heavy (non-hydrogen) atoms. The molecule has 3 rings (SSSR count). The number of benzene rings is 2. The van der Waals surface area contributed by atoms with Gasteiger partial charge in [0.1, 0.15) is 5.82 Å². The zero-order valence-electron chi connectivity index (χ0n) is 14.6. The van der Waals surface area contributed by atoms with Crippen molar-refractivity contribution in [1.29, 1.82) is 0 Å². The fourth-order valence-electron chi connectivity index (χ4n) is 3.91. The second-order valence-corrected chi connectivity index (χ2v) is 8.37. The molecule has 3 heteroatoms. The summed E-state index contributed by atoms with van der Waals surface area (Å²) >= 11 is 0. The molecule has 2 atom stereocenters. The summed E-state index contributed by atoms with van der Waals surface area (Å²) in [4.78, 5) is 0.830. The van der Waals surface area contributed by atoms with Crippen LogP contribution in [-0.4, -0.2) is 10.5 Å². The van der Waals surface area contributed by atoms with E-state index in [1.807, 2.05) is 30.3 Å². The van der Waals surface area contributed by atoms with Crippen molar-refractivity contribution in [2.75, 3.05) is 6.26 Å². The van der Waals surface area contributed by atoms with Crippen LogP contribution in [0.4, 0.5) is 4.39 Å². The topological polar surface area (TPSA) is 17.1 Å². The Hall–Kier alpha value is -1.74. The molecule has 0 aliphatic heterocycles. The van der Waals surface area contributed by atoms with Gasteiger partial charge in [-0.15, -0.1) is 0 Å². The van der Waals surface area contributed by atoms with Crippen molar-refractivity contribution in [2.45, 2.75) is 38.0 Å². The second-order valence-electron chi connectivity index (χ2n) is 7.00. The van der Waals surface area contributed by atoms with Crippen LogP contribution in [0, 0.1) is 11.2 Å². The third-order valence-electron chi connectivity index (χ3n) is 5.18. The Labute approximate surface area is 146 Å². The first kappa shape index (κ1) is 17.1. The summed E-state index contributed by atoms with van der Waals surface area (Å²) < 4.78 is 25.3. The van der Waals surface area contributed by atoms with Gasteiger partial charge in [-0.3, -0.25) is 4.21 Å². The Kier molecular flexibility index (Phi) is 4.48. The molecule has 0 amide bonds. The third-order valence-corrected chi connectivity index (χ3v) is 6.11. The van der Waals surface area contributed by atoms with Crippen LogP contribution < -0.4 is 0 Å². The Balaban J connectivity index is 2.11. The third kappa shape index (κ3) is 2.86. The highest BCUT2D eigenvalue weighted by Gasteiger charge is 2.41. The molecule has 0 saturated heterocycles. The highest BCUT2D eigenvalue weighted by atomic mass is 32.2. The highest BCUT2D eigenvalue weighted by molar-refractivity contribution is 7.84. The van der Waals surface area contributed by atoms with Crippen molar-refractivity contribution < 1.29 is 8.60 Å². The molecule has 0 bridgehead atoms. The normalized spacial score (nSPS) is 21.7. The van der Waals surface area contributed by atoms with Gasteiger partial charge in [-0.25, -0.2) is 4.39 Å². The van der Waals surface area contributed by atoms with Crippen LogP contribution in [0.25, 0.3) is 11.6 Å². The molecular formula is C21H23FOS. The van der Waals surface area contributed by atoms with E-state index >= 15 is 0 Å². The average molecular weight is 342 g/mol. The minimum Gasteiger partial charge on any atom is -0.255 e. The maximum absolute atomic E-state index is 13.7. The smallest absolute Gasteiger partial charge is 0.123 e. The maximum Gasteiger partial charge on any atom is 0.123 e. The molecular weight excluding hydrogens is 319 g/mol. The molecule has 0 spiro atoms. The van der Waals surface area contributed by atoms with Gasteiger partial charge < -0.3 is 0 Å². The Morgan fingerprint density at radius 2 is 1.83 bits per heavy atom. The van der Waals surface area contributed by atoms with Gasteiger partial charge in [0.25, 0.3) is 0 Å². The molecule has 126 valence electrons. The summed E-state index contributed by atoms with van der Waals surface area (Å²) in [5.74, 6) is 0.149. The Morgan fingerprint density at radius 3 is 2.42 bits per heavy atom. The van der Waals surface area contributed by atoms with E-state index in [-0.39, 0.29) is 11.2 Å². The van der Waals surface area contributed by atoms with Gasteiger partial charge in [-0.2, -0.15) is 0 Å². The summed E-state index contributed by atoms with van der Waals surface area (Å²) in [6, 6.07) is 13.0. The number of hydrogen-bond acceptors (Lipinski definition) is 1. The van der Waals surface area contributed by atoms with Crippen molar-refractivity contribution in [1.82, 2.24) is 0 Å². The molecule has 1 aliphatic rings.